The van der Waals surface area contributed by atoms with Crippen LogP contribution < -0.4 is 16.4 Å². The second-order valence-electron chi connectivity index (χ2n) is 6.70. The number of nitrogens with zero attached hydrogens (tertiary/aromatic N) is 2. The molecule has 144 valence electrons. The van der Waals surface area contributed by atoms with Crippen molar-refractivity contribution in [1.29, 1.82) is 0 Å². The fraction of sp³-hybridized carbons (Fsp3) is 0.579. The highest BCUT2D eigenvalue weighted by molar-refractivity contribution is 5.75. The minimum absolute atomic E-state index is 0.0757. The molecule has 1 aliphatic heterocycles. The van der Waals surface area contributed by atoms with Crippen molar-refractivity contribution in [2.24, 2.45) is 5.73 Å². The van der Waals surface area contributed by atoms with Gasteiger partial charge in [-0.1, -0.05) is 30.3 Å². The summed E-state index contributed by atoms with van der Waals surface area (Å²) in [6, 6.07) is 10.1. The summed E-state index contributed by atoms with van der Waals surface area (Å²) >= 11 is 0. The zero-order chi connectivity index (χ0) is 18.6. The van der Waals surface area contributed by atoms with Crippen LogP contribution in [0.5, 0.6) is 0 Å². The number of rotatable bonds is 10. The van der Waals surface area contributed by atoms with Crippen molar-refractivity contribution in [2.45, 2.75) is 25.8 Å². The monoisotopic (exact) mass is 361 g/mol. The molecule has 0 unspecified atom stereocenters. The summed E-state index contributed by atoms with van der Waals surface area (Å²) in [5, 5.41) is 5.50. The Morgan fingerprint density at radius 2 is 1.62 bits per heavy atom. The van der Waals surface area contributed by atoms with Crippen LogP contribution in [0, 0.1) is 0 Å². The fourth-order valence-corrected chi connectivity index (χ4v) is 3.08. The molecule has 1 aliphatic rings. The average molecular weight is 361 g/mol. The van der Waals surface area contributed by atoms with E-state index in [1.165, 1.54) is 5.56 Å². The largest absolute Gasteiger partial charge is 0.355 e. The minimum Gasteiger partial charge on any atom is -0.355 e. The molecule has 1 heterocycles. The number of nitrogens with two attached hydrogens (primary N) is 1. The average Bonchev–Trinajstić information content (AvgIpc) is 2.63. The molecule has 3 amide bonds. The Hall–Kier alpha value is -2.12. The van der Waals surface area contributed by atoms with E-state index in [1.54, 1.807) is 0 Å². The molecule has 2 rings (SSSR count). The highest BCUT2D eigenvalue weighted by atomic mass is 16.2. The molecule has 0 aliphatic carbocycles. The summed E-state index contributed by atoms with van der Waals surface area (Å²) in [7, 11) is 0. The van der Waals surface area contributed by atoms with E-state index in [0.717, 1.165) is 52.1 Å². The molecule has 0 saturated carbocycles. The Bertz CT molecular complexity index is 544. The van der Waals surface area contributed by atoms with Gasteiger partial charge in [0.2, 0.25) is 5.91 Å². The number of benzene rings is 1. The van der Waals surface area contributed by atoms with E-state index >= 15 is 0 Å². The SMILES string of the molecule is NC(=O)NCCCCC(=O)NCCN1CCN(Cc2ccccc2)CC1. The van der Waals surface area contributed by atoms with Crippen LogP contribution in [0.25, 0.3) is 0 Å². The van der Waals surface area contributed by atoms with Gasteiger partial charge in [0, 0.05) is 58.8 Å². The number of hydrogen-bond donors (Lipinski definition) is 3. The Balaban J connectivity index is 1.49. The Morgan fingerprint density at radius 3 is 2.31 bits per heavy atom. The molecule has 1 saturated heterocycles. The molecule has 1 fully saturated rings. The highest BCUT2D eigenvalue weighted by Gasteiger charge is 2.16. The second kappa shape index (κ2) is 11.5. The van der Waals surface area contributed by atoms with Crippen LogP contribution in [0.1, 0.15) is 24.8 Å². The van der Waals surface area contributed by atoms with Crippen molar-refractivity contribution in [3.8, 4) is 0 Å². The molecule has 7 heteroatoms. The van der Waals surface area contributed by atoms with E-state index in [0.29, 0.717) is 19.5 Å². The number of primary amides is 1. The lowest BCUT2D eigenvalue weighted by Gasteiger charge is -2.34. The van der Waals surface area contributed by atoms with Crippen LogP contribution in [0.2, 0.25) is 0 Å². The van der Waals surface area contributed by atoms with Gasteiger partial charge in [-0.15, -0.1) is 0 Å². The van der Waals surface area contributed by atoms with Crippen LogP contribution >= 0.6 is 0 Å². The lowest BCUT2D eigenvalue weighted by molar-refractivity contribution is -0.121. The maximum Gasteiger partial charge on any atom is 0.312 e. The van der Waals surface area contributed by atoms with Gasteiger partial charge in [-0.25, -0.2) is 4.79 Å². The second-order valence-corrected chi connectivity index (χ2v) is 6.70. The van der Waals surface area contributed by atoms with E-state index in [9.17, 15) is 9.59 Å². The van der Waals surface area contributed by atoms with Gasteiger partial charge in [-0.05, 0) is 18.4 Å². The first-order chi connectivity index (χ1) is 12.6. The number of hydrogen-bond acceptors (Lipinski definition) is 4. The van der Waals surface area contributed by atoms with Gasteiger partial charge in [0.15, 0.2) is 0 Å². The van der Waals surface area contributed by atoms with Gasteiger partial charge >= 0.3 is 6.03 Å². The zero-order valence-electron chi connectivity index (χ0n) is 15.5. The maximum atomic E-state index is 11.8. The Morgan fingerprint density at radius 1 is 0.923 bits per heavy atom. The molecule has 0 spiro atoms. The minimum atomic E-state index is -0.515. The maximum absolute atomic E-state index is 11.8. The number of nitrogens with one attached hydrogen (secondary N) is 2. The molecular formula is C19H31N5O2. The third-order valence-corrected chi connectivity index (χ3v) is 4.59. The van der Waals surface area contributed by atoms with Gasteiger partial charge in [-0.3, -0.25) is 14.6 Å². The van der Waals surface area contributed by atoms with Gasteiger partial charge in [0.05, 0.1) is 0 Å². The molecule has 0 aromatic heterocycles. The first-order valence-electron chi connectivity index (χ1n) is 9.42. The fourth-order valence-electron chi connectivity index (χ4n) is 3.08. The van der Waals surface area contributed by atoms with Crippen LogP contribution in [-0.4, -0.2) is 67.6 Å². The Labute approximate surface area is 155 Å². The predicted molar refractivity (Wildman–Crippen MR) is 103 cm³/mol. The van der Waals surface area contributed by atoms with E-state index < -0.39 is 6.03 Å². The molecule has 0 bridgehead atoms. The molecule has 26 heavy (non-hydrogen) atoms. The van der Waals surface area contributed by atoms with E-state index in [1.807, 2.05) is 6.07 Å². The third-order valence-electron chi connectivity index (χ3n) is 4.59. The lowest BCUT2D eigenvalue weighted by Crippen LogP contribution is -2.48. The topological polar surface area (TPSA) is 90.7 Å². The van der Waals surface area contributed by atoms with Crippen molar-refractivity contribution in [3.05, 3.63) is 35.9 Å². The quantitative estimate of drug-likeness (QED) is 0.537. The first kappa shape index (κ1) is 20.2. The summed E-state index contributed by atoms with van der Waals surface area (Å²) in [6.07, 6.45) is 2.01. The predicted octanol–water partition coefficient (Wildman–Crippen LogP) is 0.759. The molecule has 4 N–H and O–H groups in total. The van der Waals surface area contributed by atoms with Crippen molar-refractivity contribution in [3.63, 3.8) is 0 Å². The standard InChI is InChI=1S/C19H31N5O2/c20-19(26)22-9-5-4-8-18(25)21-10-11-23-12-14-24(15-13-23)16-17-6-2-1-3-7-17/h1-3,6-7H,4-5,8-16H2,(H,21,25)(H3,20,22,26). The van der Waals surface area contributed by atoms with E-state index in [4.69, 9.17) is 5.73 Å². The van der Waals surface area contributed by atoms with Gasteiger partial charge in [-0.2, -0.15) is 0 Å². The number of urea groups is 1. The van der Waals surface area contributed by atoms with Gasteiger partial charge in [0.25, 0.3) is 0 Å². The summed E-state index contributed by atoms with van der Waals surface area (Å²) in [4.78, 5) is 27.2. The van der Waals surface area contributed by atoms with Gasteiger partial charge < -0.3 is 16.4 Å². The number of amides is 3. The molecule has 7 nitrogen and oxygen atoms in total. The van der Waals surface area contributed by atoms with Crippen molar-refractivity contribution >= 4 is 11.9 Å². The summed E-state index contributed by atoms with van der Waals surface area (Å²) in [5.41, 5.74) is 6.34. The van der Waals surface area contributed by atoms with Crippen LogP contribution in [0.4, 0.5) is 4.79 Å². The van der Waals surface area contributed by atoms with Crippen LogP contribution in [0.15, 0.2) is 30.3 Å². The smallest absolute Gasteiger partial charge is 0.312 e. The number of carbonyl (C=O) groups excluding carboxylic acids is 2. The normalized spacial score (nSPS) is 15.5. The summed E-state index contributed by atoms with van der Waals surface area (Å²) in [6.45, 7) is 7.34. The third kappa shape index (κ3) is 8.31. The Kier molecular flexibility index (Phi) is 8.92. The van der Waals surface area contributed by atoms with E-state index in [-0.39, 0.29) is 5.91 Å². The molecule has 1 aromatic rings. The lowest BCUT2D eigenvalue weighted by atomic mass is 10.2. The number of piperazine rings is 1. The van der Waals surface area contributed by atoms with Crippen molar-refractivity contribution in [1.82, 2.24) is 20.4 Å². The zero-order valence-corrected chi connectivity index (χ0v) is 15.5. The van der Waals surface area contributed by atoms with Crippen LogP contribution in [-0.2, 0) is 11.3 Å². The van der Waals surface area contributed by atoms with Gasteiger partial charge in [0.1, 0.15) is 0 Å². The first-order valence-corrected chi connectivity index (χ1v) is 9.42. The number of carbonyl (C=O) groups is 2. The molecule has 1 aromatic carbocycles. The van der Waals surface area contributed by atoms with Crippen LogP contribution in [0.3, 0.4) is 0 Å². The summed E-state index contributed by atoms with van der Waals surface area (Å²) < 4.78 is 0. The van der Waals surface area contributed by atoms with Crippen molar-refractivity contribution < 1.29 is 9.59 Å². The molecule has 0 atom stereocenters. The highest BCUT2D eigenvalue weighted by Crippen LogP contribution is 2.08. The van der Waals surface area contributed by atoms with Crippen molar-refractivity contribution in [2.75, 3.05) is 45.8 Å². The molecular weight excluding hydrogens is 330 g/mol. The number of unbranched alkanes of at least 4 members (excludes halogenated alkanes) is 1. The van der Waals surface area contributed by atoms with E-state index in [2.05, 4.69) is 44.7 Å². The summed E-state index contributed by atoms with van der Waals surface area (Å²) in [5.74, 6) is 0.0757. The molecule has 0 radical (unpaired) electrons.